The van der Waals surface area contributed by atoms with Crippen molar-refractivity contribution in [2.24, 2.45) is 22.9 Å². The third-order valence-corrected chi connectivity index (χ3v) is 4.97. The average Bonchev–Trinajstić information content (AvgIpc) is 3.30. The van der Waals surface area contributed by atoms with Crippen LogP contribution < -0.4 is 38.9 Å². The summed E-state index contributed by atoms with van der Waals surface area (Å²) in [6.45, 7) is 0.435. The second kappa shape index (κ2) is 15.0. The summed E-state index contributed by atoms with van der Waals surface area (Å²) in [6, 6.07) is -5.50. The molecule has 0 aromatic carbocycles. The Balaban J connectivity index is 3.03. The quantitative estimate of drug-likeness (QED) is 0.0906. The Labute approximate surface area is 206 Å². The maximum Gasteiger partial charge on any atom is 0.326 e. The van der Waals surface area contributed by atoms with Crippen molar-refractivity contribution in [1.29, 1.82) is 0 Å². The van der Waals surface area contributed by atoms with Crippen molar-refractivity contribution < 1.29 is 33.9 Å². The summed E-state index contributed by atoms with van der Waals surface area (Å²) in [5.74, 6) is -6.15. The lowest BCUT2D eigenvalue weighted by Gasteiger charge is -2.24. The molecule has 13 N–H and O–H groups in total. The third-order valence-electron chi connectivity index (χ3n) is 4.97. The predicted octanol–water partition coefficient (Wildman–Crippen LogP) is -4.30. The first kappa shape index (κ1) is 30.0. The van der Waals surface area contributed by atoms with Crippen molar-refractivity contribution in [2.45, 2.75) is 62.7 Å². The number of aromatic nitrogens is 2. The van der Waals surface area contributed by atoms with Crippen molar-refractivity contribution in [3.63, 3.8) is 0 Å². The first-order valence-corrected chi connectivity index (χ1v) is 11.1. The highest BCUT2D eigenvalue weighted by molar-refractivity contribution is 5.96. The molecule has 200 valence electrons. The van der Waals surface area contributed by atoms with Crippen LogP contribution >= 0.6 is 0 Å². The summed E-state index contributed by atoms with van der Waals surface area (Å²) in [4.78, 5) is 78.9. The van der Waals surface area contributed by atoms with E-state index in [9.17, 15) is 33.9 Å². The van der Waals surface area contributed by atoms with Crippen LogP contribution in [0.1, 0.15) is 37.8 Å². The summed E-state index contributed by atoms with van der Waals surface area (Å²) in [5, 5.41) is 16.0. The molecule has 0 saturated heterocycles. The number of nitrogens with one attached hydrogen (secondary N) is 4. The van der Waals surface area contributed by atoms with Gasteiger partial charge < -0.3 is 49.0 Å². The van der Waals surface area contributed by atoms with Gasteiger partial charge in [-0.25, -0.2) is 9.78 Å². The number of carboxylic acids is 1. The van der Waals surface area contributed by atoms with Crippen LogP contribution in [-0.2, 0) is 35.2 Å². The van der Waals surface area contributed by atoms with Crippen LogP contribution in [0.2, 0.25) is 0 Å². The minimum absolute atomic E-state index is 0.0963. The molecule has 0 saturated carbocycles. The number of nitrogens with zero attached hydrogens (tertiary/aromatic N) is 1. The Morgan fingerprint density at radius 3 is 1.97 bits per heavy atom. The van der Waals surface area contributed by atoms with Gasteiger partial charge in [0, 0.05) is 12.6 Å². The lowest BCUT2D eigenvalue weighted by atomic mass is 10.1. The molecule has 0 bridgehead atoms. The Hall–Kier alpha value is -4.05. The van der Waals surface area contributed by atoms with E-state index in [1.807, 2.05) is 5.32 Å². The number of aliphatic carboxylic acids is 1. The van der Waals surface area contributed by atoms with Crippen molar-refractivity contribution in [3.05, 3.63) is 18.2 Å². The zero-order valence-corrected chi connectivity index (χ0v) is 19.6. The number of aromatic amines is 1. The van der Waals surface area contributed by atoms with Crippen LogP contribution in [0.5, 0.6) is 0 Å². The smallest absolute Gasteiger partial charge is 0.326 e. The third kappa shape index (κ3) is 10.9. The zero-order chi connectivity index (χ0) is 27.3. The number of nitrogens with two attached hydrogens (primary N) is 4. The van der Waals surface area contributed by atoms with E-state index in [4.69, 9.17) is 22.9 Å². The van der Waals surface area contributed by atoms with Gasteiger partial charge in [0.2, 0.25) is 29.5 Å². The van der Waals surface area contributed by atoms with E-state index in [-0.39, 0.29) is 6.42 Å². The van der Waals surface area contributed by atoms with E-state index < -0.39 is 72.5 Å². The summed E-state index contributed by atoms with van der Waals surface area (Å²) < 4.78 is 0. The van der Waals surface area contributed by atoms with Crippen LogP contribution in [0.4, 0.5) is 0 Å². The number of carbonyl (C=O) groups excluding carboxylic acids is 5. The lowest BCUT2D eigenvalue weighted by molar-refractivity contribution is -0.144. The maximum absolute atomic E-state index is 13.0. The molecule has 1 aromatic heterocycles. The van der Waals surface area contributed by atoms with Crippen LogP contribution in [0.3, 0.4) is 0 Å². The molecule has 5 amide bonds. The average molecular weight is 512 g/mol. The monoisotopic (exact) mass is 511 g/mol. The molecule has 16 heteroatoms. The van der Waals surface area contributed by atoms with E-state index in [2.05, 4.69) is 20.6 Å². The molecule has 16 nitrogen and oxygen atoms in total. The number of hydrogen-bond acceptors (Lipinski definition) is 9. The van der Waals surface area contributed by atoms with E-state index in [1.54, 1.807) is 0 Å². The van der Waals surface area contributed by atoms with Gasteiger partial charge in [-0.15, -0.1) is 0 Å². The molecule has 0 aliphatic carbocycles. The Morgan fingerprint density at radius 1 is 0.889 bits per heavy atom. The number of amides is 5. The predicted molar refractivity (Wildman–Crippen MR) is 124 cm³/mol. The van der Waals surface area contributed by atoms with Gasteiger partial charge in [0.1, 0.15) is 18.1 Å². The van der Waals surface area contributed by atoms with Gasteiger partial charge >= 0.3 is 5.97 Å². The van der Waals surface area contributed by atoms with Crippen LogP contribution in [0.25, 0.3) is 0 Å². The van der Waals surface area contributed by atoms with Gasteiger partial charge in [-0.2, -0.15) is 0 Å². The van der Waals surface area contributed by atoms with Crippen molar-refractivity contribution in [1.82, 2.24) is 25.9 Å². The first-order chi connectivity index (χ1) is 16.9. The van der Waals surface area contributed by atoms with Crippen molar-refractivity contribution in [2.75, 3.05) is 6.54 Å². The molecule has 0 aliphatic rings. The minimum Gasteiger partial charge on any atom is -0.480 e. The maximum atomic E-state index is 13.0. The molecule has 0 spiro atoms. The zero-order valence-electron chi connectivity index (χ0n) is 19.6. The number of rotatable bonds is 17. The molecule has 0 aliphatic heterocycles. The number of hydrogen-bond donors (Lipinski definition) is 9. The van der Waals surface area contributed by atoms with Crippen LogP contribution in [0.15, 0.2) is 12.5 Å². The number of imidazole rings is 1. The second-order valence-electron chi connectivity index (χ2n) is 8.02. The van der Waals surface area contributed by atoms with Crippen molar-refractivity contribution in [3.8, 4) is 0 Å². The number of carboxylic acid groups (broad SMARTS) is 1. The highest BCUT2D eigenvalue weighted by atomic mass is 16.4. The normalized spacial score (nSPS) is 14.1. The van der Waals surface area contributed by atoms with E-state index >= 15 is 0 Å². The molecule has 4 atom stereocenters. The summed E-state index contributed by atoms with van der Waals surface area (Å²) >= 11 is 0. The lowest BCUT2D eigenvalue weighted by Crippen LogP contribution is -2.58. The first-order valence-electron chi connectivity index (χ1n) is 11.1. The van der Waals surface area contributed by atoms with Crippen LogP contribution in [-0.4, -0.2) is 81.3 Å². The topological polar surface area (TPSA) is 292 Å². The molecule has 0 radical (unpaired) electrons. The second-order valence-corrected chi connectivity index (χ2v) is 8.02. The van der Waals surface area contributed by atoms with Crippen molar-refractivity contribution >= 4 is 35.5 Å². The number of H-pyrrole nitrogens is 1. The van der Waals surface area contributed by atoms with E-state index in [0.29, 0.717) is 31.5 Å². The van der Waals surface area contributed by atoms with Gasteiger partial charge in [-0.05, 0) is 19.4 Å². The van der Waals surface area contributed by atoms with Gasteiger partial charge in [0.05, 0.1) is 30.9 Å². The molecule has 36 heavy (non-hydrogen) atoms. The fourth-order valence-corrected chi connectivity index (χ4v) is 3.10. The van der Waals surface area contributed by atoms with E-state index in [0.717, 1.165) is 0 Å². The van der Waals surface area contributed by atoms with Gasteiger partial charge in [0.15, 0.2) is 0 Å². The summed E-state index contributed by atoms with van der Waals surface area (Å²) in [6.07, 6.45) is 2.92. The number of primary amides is 2. The Kier molecular flexibility index (Phi) is 12.5. The number of carbonyl (C=O) groups is 6. The highest BCUT2D eigenvalue weighted by Gasteiger charge is 2.32. The van der Waals surface area contributed by atoms with Gasteiger partial charge in [-0.1, -0.05) is 6.42 Å². The molecule has 1 heterocycles. The van der Waals surface area contributed by atoms with Crippen LogP contribution in [0, 0.1) is 0 Å². The fraction of sp³-hybridized carbons (Fsp3) is 0.550. The highest BCUT2D eigenvalue weighted by Crippen LogP contribution is 2.05. The molecule has 1 rings (SSSR count). The molecule has 0 fully saturated rings. The largest absolute Gasteiger partial charge is 0.480 e. The van der Waals surface area contributed by atoms with Gasteiger partial charge in [-0.3, -0.25) is 24.0 Å². The number of unbranched alkanes of at least 4 members (excludes halogenated alkanes) is 1. The summed E-state index contributed by atoms with van der Waals surface area (Å²) in [5.41, 5.74) is 21.9. The standard InChI is InChI=1S/C20H33N9O7/c21-4-2-1-3-11(22)17(32)27-12(5-10-8-25-9-26-10)18(33)28-13(6-15(23)30)19(34)29-14(20(35)36)7-16(24)31/h8-9,11-14H,1-7,21-22H2,(H2,23,30)(H2,24,31)(H,25,26)(H,27,32)(H,28,33)(H,29,34)(H,35,36)/t11-,12-,13-,14-/m0/s1. The fourth-order valence-electron chi connectivity index (χ4n) is 3.10. The van der Waals surface area contributed by atoms with Gasteiger partial charge in [0.25, 0.3) is 0 Å². The summed E-state index contributed by atoms with van der Waals surface area (Å²) in [7, 11) is 0. The molecular weight excluding hydrogens is 478 g/mol. The minimum atomic E-state index is -1.70. The SMILES string of the molecule is NCCCC[C@H](N)C(=O)N[C@@H](Cc1c[nH]cn1)C(=O)N[C@@H](CC(N)=O)C(=O)N[C@@H](CC(N)=O)C(=O)O. The molecule has 1 aromatic rings. The van der Waals surface area contributed by atoms with E-state index in [1.165, 1.54) is 12.5 Å². The Bertz CT molecular complexity index is 923. The molecule has 0 unspecified atom stereocenters. The molecular formula is C20H33N9O7. The Morgan fingerprint density at radius 2 is 1.44 bits per heavy atom.